The third kappa shape index (κ3) is 4.37. The van der Waals surface area contributed by atoms with Gasteiger partial charge in [-0.15, -0.1) is 11.8 Å². The molecule has 1 atom stereocenters. The Morgan fingerprint density at radius 2 is 1.88 bits per heavy atom. The Morgan fingerprint density at radius 3 is 2.48 bits per heavy atom. The fraction of sp³-hybridized carbons (Fsp3) is 0.292. The van der Waals surface area contributed by atoms with E-state index in [-0.39, 0.29) is 11.3 Å². The first-order valence-corrected chi connectivity index (χ1v) is 11.4. The van der Waals surface area contributed by atoms with Gasteiger partial charge >= 0.3 is 5.97 Å². The van der Waals surface area contributed by atoms with Gasteiger partial charge in [-0.2, -0.15) is 5.10 Å². The summed E-state index contributed by atoms with van der Waals surface area (Å²) >= 11 is 1.17. The predicted octanol–water partition coefficient (Wildman–Crippen LogP) is 4.84. The Bertz CT molecular complexity index is 1220. The Balaban J connectivity index is 2.08. The first kappa shape index (κ1) is 23.0. The second kappa shape index (κ2) is 8.62. The van der Waals surface area contributed by atoms with Crippen LogP contribution >= 0.6 is 11.8 Å². The molecule has 0 spiro atoms. The minimum Gasteiger partial charge on any atom is -0.480 e. The molecule has 6 nitrogen and oxygen atoms in total. The first-order valence-electron chi connectivity index (χ1n) is 10.4. The average Bonchev–Trinajstić information content (AvgIpc) is 3.08. The third-order valence-electron chi connectivity index (χ3n) is 5.31. The third-order valence-corrected chi connectivity index (χ3v) is 6.55. The highest BCUT2D eigenvalue weighted by Gasteiger charge is 2.40. The van der Waals surface area contributed by atoms with Crippen LogP contribution in [0.15, 0.2) is 48.5 Å². The summed E-state index contributed by atoms with van der Waals surface area (Å²) in [7, 11) is 0. The van der Waals surface area contributed by atoms with E-state index < -0.39 is 40.8 Å². The maximum absolute atomic E-state index is 15.0. The maximum atomic E-state index is 15.0. The number of carbonyl (C=O) groups is 2. The molecule has 0 bridgehead atoms. The predicted molar refractivity (Wildman–Crippen MR) is 123 cm³/mol. The zero-order valence-electron chi connectivity index (χ0n) is 18.4. The Hall–Kier alpha value is -3.20. The van der Waals surface area contributed by atoms with Crippen LogP contribution in [0, 0.1) is 11.6 Å². The van der Waals surface area contributed by atoms with E-state index in [0.29, 0.717) is 17.1 Å². The molecule has 1 N–H and O–H groups in total. The van der Waals surface area contributed by atoms with Crippen molar-refractivity contribution in [1.82, 2.24) is 9.78 Å². The molecule has 0 fully saturated rings. The number of halogens is 2. The van der Waals surface area contributed by atoms with Crippen LogP contribution in [0.4, 0.5) is 14.6 Å². The lowest BCUT2D eigenvalue weighted by Crippen LogP contribution is -2.40. The number of benzene rings is 2. The van der Waals surface area contributed by atoms with E-state index in [1.165, 1.54) is 28.8 Å². The molecular formula is C24H23F2N3O3S. The van der Waals surface area contributed by atoms with Crippen LogP contribution in [0.2, 0.25) is 0 Å². The fourth-order valence-corrected chi connectivity index (χ4v) is 5.11. The van der Waals surface area contributed by atoms with Gasteiger partial charge in [0.05, 0.1) is 22.2 Å². The molecule has 1 aromatic heterocycles. The summed E-state index contributed by atoms with van der Waals surface area (Å²) in [5, 5.41) is 13.7. The number of rotatable bonds is 4. The number of hydrogen-bond donors (Lipinski definition) is 1. The zero-order chi connectivity index (χ0) is 23.9. The van der Waals surface area contributed by atoms with Gasteiger partial charge in [-0.25, -0.2) is 13.5 Å². The number of aliphatic carboxylic acids is 1. The smallest absolute Gasteiger partial charge is 0.323 e. The maximum Gasteiger partial charge on any atom is 0.323 e. The average molecular weight is 472 g/mol. The molecule has 0 saturated heterocycles. The van der Waals surface area contributed by atoms with Crippen LogP contribution in [0.3, 0.4) is 0 Å². The van der Waals surface area contributed by atoms with Crippen LogP contribution in [-0.4, -0.2) is 39.1 Å². The van der Waals surface area contributed by atoms with Crippen molar-refractivity contribution in [2.24, 2.45) is 0 Å². The van der Waals surface area contributed by atoms with Gasteiger partial charge in [0.15, 0.2) is 0 Å². The first-order chi connectivity index (χ1) is 15.6. The highest BCUT2D eigenvalue weighted by molar-refractivity contribution is 8.00. The minimum absolute atomic E-state index is 0.0676. The second-order valence-electron chi connectivity index (χ2n) is 8.77. The molecule has 0 aliphatic carbocycles. The number of amides is 1. The zero-order valence-corrected chi connectivity index (χ0v) is 19.2. The van der Waals surface area contributed by atoms with Crippen molar-refractivity contribution in [3.05, 3.63) is 71.3 Å². The topological polar surface area (TPSA) is 75.4 Å². The van der Waals surface area contributed by atoms with E-state index in [4.69, 9.17) is 5.10 Å². The van der Waals surface area contributed by atoms with Crippen molar-refractivity contribution < 1.29 is 23.5 Å². The van der Waals surface area contributed by atoms with Crippen molar-refractivity contribution in [2.45, 2.75) is 31.6 Å². The van der Waals surface area contributed by atoms with E-state index in [0.717, 1.165) is 11.6 Å². The van der Waals surface area contributed by atoms with Crippen LogP contribution in [0.25, 0.3) is 11.3 Å². The largest absolute Gasteiger partial charge is 0.480 e. The highest BCUT2D eigenvalue weighted by Crippen LogP contribution is 2.49. The Kier molecular flexibility index (Phi) is 6.00. The Labute approximate surface area is 194 Å². The number of anilines is 1. The minimum atomic E-state index is -1.17. The van der Waals surface area contributed by atoms with Gasteiger partial charge in [-0.3, -0.25) is 14.5 Å². The number of nitrogens with zero attached hydrogens (tertiary/aromatic N) is 3. The lowest BCUT2D eigenvalue weighted by molar-refractivity contribution is -0.136. The molecule has 9 heteroatoms. The second-order valence-corrected chi connectivity index (χ2v) is 9.86. The molecule has 1 amide bonds. The van der Waals surface area contributed by atoms with E-state index in [2.05, 4.69) is 0 Å². The van der Waals surface area contributed by atoms with Crippen LogP contribution in [-0.2, 0) is 15.1 Å². The number of hydrogen-bond acceptors (Lipinski definition) is 4. The van der Waals surface area contributed by atoms with Crippen LogP contribution < -0.4 is 4.90 Å². The normalized spacial score (nSPS) is 16.5. The summed E-state index contributed by atoms with van der Waals surface area (Å²) < 4.78 is 30.3. The molecule has 1 aliphatic heterocycles. The van der Waals surface area contributed by atoms with E-state index in [1.54, 1.807) is 4.68 Å². The quantitative estimate of drug-likeness (QED) is 0.590. The molecule has 0 radical (unpaired) electrons. The SMILES string of the molecule is CC(C)(C)n1nc(-c2ccccc2)c2c1N(CC(=O)O)C(=O)CSC2c1ccc(F)cc1F. The molecule has 1 unspecified atom stereocenters. The number of carbonyl (C=O) groups excluding carboxylic acids is 1. The highest BCUT2D eigenvalue weighted by atomic mass is 32.2. The summed E-state index contributed by atoms with van der Waals surface area (Å²) in [6, 6.07) is 12.6. The van der Waals surface area contributed by atoms with E-state index in [9.17, 15) is 23.5 Å². The monoisotopic (exact) mass is 471 g/mol. The van der Waals surface area contributed by atoms with Crippen LogP contribution in [0.5, 0.6) is 0 Å². The lowest BCUT2D eigenvalue weighted by atomic mass is 9.98. The molecule has 2 aromatic carbocycles. The van der Waals surface area contributed by atoms with Gasteiger partial charge in [-0.05, 0) is 26.8 Å². The van der Waals surface area contributed by atoms with Gasteiger partial charge in [-0.1, -0.05) is 36.4 Å². The summed E-state index contributed by atoms with van der Waals surface area (Å²) in [5.74, 6) is -2.78. The molecule has 0 saturated carbocycles. The molecular weight excluding hydrogens is 448 g/mol. The molecule has 4 rings (SSSR count). The fourth-order valence-electron chi connectivity index (χ4n) is 3.89. The van der Waals surface area contributed by atoms with Gasteiger partial charge in [0, 0.05) is 22.8 Å². The number of carboxylic acid groups (broad SMARTS) is 1. The van der Waals surface area contributed by atoms with Gasteiger partial charge in [0.2, 0.25) is 5.91 Å². The van der Waals surface area contributed by atoms with Gasteiger partial charge in [0.1, 0.15) is 24.0 Å². The number of thioether (sulfide) groups is 1. The van der Waals surface area contributed by atoms with Crippen molar-refractivity contribution in [1.29, 1.82) is 0 Å². The summed E-state index contributed by atoms with van der Waals surface area (Å²) in [5.41, 5.74) is 1.38. The van der Waals surface area contributed by atoms with Crippen molar-refractivity contribution in [2.75, 3.05) is 17.2 Å². The van der Waals surface area contributed by atoms with Gasteiger partial charge in [0.25, 0.3) is 0 Å². The standard InChI is InChI=1S/C24H23F2N3O3S/c1-24(2,3)29-23-20(21(27-29)14-7-5-4-6-8-14)22(16-10-9-15(25)11-17(16)26)33-13-18(30)28(23)12-19(31)32/h4-11,22H,12-13H2,1-3H3,(H,31,32). The Morgan fingerprint density at radius 1 is 1.18 bits per heavy atom. The molecule has 1 aliphatic rings. The van der Waals surface area contributed by atoms with Crippen molar-refractivity contribution in [3.8, 4) is 11.3 Å². The summed E-state index contributed by atoms with van der Waals surface area (Å²) in [6.45, 7) is 5.12. The molecule has 33 heavy (non-hydrogen) atoms. The lowest BCUT2D eigenvalue weighted by Gasteiger charge is -2.28. The number of fused-ring (bicyclic) bond motifs is 1. The number of aromatic nitrogens is 2. The molecule has 3 aromatic rings. The van der Waals surface area contributed by atoms with E-state index >= 15 is 0 Å². The van der Waals surface area contributed by atoms with Crippen LogP contribution in [0.1, 0.15) is 37.1 Å². The van der Waals surface area contributed by atoms with Crippen molar-refractivity contribution in [3.63, 3.8) is 0 Å². The van der Waals surface area contributed by atoms with E-state index in [1.807, 2.05) is 51.1 Å². The summed E-state index contributed by atoms with van der Waals surface area (Å²) in [6.07, 6.45) is 0. The van der Waals surface area contributed by atoms with Gasteiger partial charge < -0.3 is 5.11 Å². The number of carboxylic acids is 1. The molecule has 172 valence electrons. The van der Waals surface area contributed by atoms with Crippen molar-refractivity contribution >= 4 is 29.5 Å². The molecule has 2 heterocycles. The summed E-state index contributed by atoms with van der Waals surface area (Å²) in [4.78, 5) is 26.0.